The second kappa shape index (κ2) is 15.8. The Morgan fingerprint density at radius 1 is 1.02 bits per heavy atom. The van der Waals surface area contributed by atoms with E-state index in [1.165, 1.54) is 32.1 Å². The Labute approximate surface area is 237 Å². The van der Waals surface area contributed by atoms with Crippen LogP contribution < -0.4 is 14.4 Å². The number of piperazine rings is 1. The number of hydrogen-bond donors (Lipinski definition) is 2. The lowest BCUT2D eigenvalue weighted by Crippen LogP contribution is -2.47. The van der Waals surface area contributed by atoms with Crippen LogP contribution >= 0.6 is 0 Å². The Hall–Kier alpha value is -2.86. The smallest absolute Gasteiger partial charge is 0.339 e. The van der Waals surface area contributed by atoms with E-state index in [1.54, 1.807) is 13.2 Å². The van der Waals surface area contributed by atoms with Gasteiger partial charge in [0.1, 0.15) is 17.1 Å². The first-order valence-corrected chi connectivity index (χ1v) is 15.5. The van der Waals surface area contributed by atoms with Crippen molar-refractivity contribution in [1.29, 1.82) is 0 Å². The molecular formula is C29H44N2O8S. The van der Waals surface area contributed by atoms with Crippen LogP contribution in [0.4, 0.5) is 5.69 Å². The van der Waals surface area contributed by atoms with Gasteiger partial charge in [0, 0.05) is 37.8 Å². The monoisotopic (exact) mass is 580 g/mol. The number of methoxy groups -OCH3 is 1. The van der Waals surface area contributed by atoms with Gasteiger partial charge in [-0.25, -0.2) is 4.79 Å². The summed E-state index contributed by atoms with van der Waals surface area (Å²) in [7, 11) is -1.95. The zero-order valence-electron chi connectivity index (χ0n) is 23.7. The summed E-state index contributed by atoms with van der Waals surface area (Å²) < 4.78 is 37.8. The first-order valence-electron chi connectivity index (χ1n) is 13.7. The Morgan fingerprint density at radius 2 is 1.65 bits per heavy atom. The van der Waals surface area contributed by atoms with Crippen molar-refractivity contribution in [3.8, 4) is 11.5 Å². The molecule has 2 aromatic carbocycles. The molecule has 224 valence electrons. The summed E-state index contributed by atoms with van der Waals surface area (Å²) >= 11 is 0. The van der Waals surface area contributed by atoms with Crippen LogP contribution in [-0.4, -0.2) is 80.6 Å². The molecular weight excluding hydrogens is 536 g/mol. The fourth-order valence-electron chi connectivity index (χ4n) is 5.54. The van der Waals surface area contributed by atoms with Crippen molar-refractivity contribution < 1.29 is 37.8 Å². The second-order valence-corrected chi connectivity index (χ2v) is 11.7. The van der Waals surface area contributed by atoms with E-state index in [-0.39, 0.29) is 17.1 Å². The molecule has 1 aliphatic carbocycles. The zero-order valence-corrected chi connectivity index (χ0v) is 24.5. The number of nitrogens with zero attached hydrogens (tertiary/aromatic N) is 2. The van der Waals surface area contributed by atoms with Gasteiger partial charge in [-0.15, -0.1) is 0 Å². The summed E-state index contributed by atoms with van der Waals surface area (Å²) in [5.41, 5.74) is 2.41. The predicted molar refractivity (Wildman–Crippen MR) is 156 cm³/mol. The Balaban J connectivity index is 0.000000858. The lowest BCUT2D eigenvalue weighted by molar-refractivity contribution is 0.0689. The maximum Gasteiger partial charge on any atom is 0.339 e. The van der Waals surface area contributed by atoms with Gasteiger partial charge in [0.2, 0.25) is 0 Å². The van der Waals surface area contributed by atoms with Gasteiger partial charge in [-0.05, 0) is 43.4 Å². The van der Waals surface area contributed by atoms with Crippen molar-refractivity contribution in [1.82, 2.24) is 4.90 Å². The molecule has 11 heteroatoms. The average molecular weight is 581 g/mol. The Kier molecular flexibility index (Phi) is 13.2. The van der Waals surface area contributed by atoms with Crippen LogP contribution in [0.2, 0.25) is 0 Å². The zero-order chi connectivity index (χ0) is 28.4. The molecule has 1 atom stereocenters. The number of anilines is 1. The van der Waals surface area contributed by atoms with E-state index in [0.717, 1.165) is 49.6 Å². The number of para-hydroxylation sites is 3. The third kappa shape index (κ3) is 9.65. The van der Waals surface area contributed by atoms with Crippen LogP contribution in [0.15, 0.2) is 42.5 Å². The number of aromatic carboxylic acids is 1. The van der Waals surface area contributed by atoms with E-state index >= 15 is 0 Å². The highest BCUT2D eigenvalue weighted by atomic mass is 32.2. The summed E-state index contributed by atoms with van der Waals surface area (Å²) in [6.07, 6.45) is 7.75. The number of carboxylic acids is 1. The van der Waals surface area contributed by atoms with Crippen molar-refractivity contribution >= 4 is 21.8 Å². The van der Waals surface area contributed by atoms with Crippen LogP contribution in [0, 0.1) is 5.92 Å². The SMILES string of the molecule is CCC(c1cccc(C(=O)O)c1OCC1CCCCC1)N1CCN(c2ccccc2OC)CC1.CS(=O)(=O)O.O. The van der Waals surface area contributed by atoms with Crippen molar-refractivity contribution in [2.45, 2.75) is 51.5 Å². The predicted octanol–water partition coefficient (Wildman–Crippen LogP) is 4.31. The van der Waals surface area contributed by atoms with E-state index in [4.69, 9.17) is 14.0 Å². The minimum absolute atomic E-state index is 0. The van der Waals surface area contributed by atoms with Crippen molar-refractivity contribution in [3.05, 3.63) is 53.6 Å². The van der Waals surface area contributed by atoms with E-state index in [1.807, 2.05) is 24.3 Å². The summed E-state index contributed by atoms with van der Waals surface area (Å²) in [6, 6.07) is 13.9. The molecule has 2 aliphatic rings. The number of ether oxygens (including phenoxy) is 2. The first-order chi connectivity index (χ1) is 18.6. The molecule has 40 heavy (non-hydrogen) atoms. The molecule has 1 aliphatic heterocycles. The minimum Gasteiger partial charge on any atom is -0.495 e. The maximum absolute atomic E-state index is 12.1. The van der Waals surface area contributed by atoms with Gasteiger partial charge < -0.3 is 25.0 Å². The van der Waals surface area contributed by atoms with E-state index in [2.05, 4.69) is 28.9 Å². The maximum atomic E-state index is 12.1. The molecule has 4 rings (SSSR count). The standard InChI is InChI=1S/C28H38N2O4.CH4O3S.H2O/c1-3-24(29-16-18-30(19-17-29)25-14-7-8-15-26(25)33-2)22-12-9-13-23(28(31)32)27(22)34-20-21-10-5-4-6-11-21;1-5(2,3)4;/h7-9,12-15,21,24H,3-6,10-11,16-20H2,1-2H3,(H,31,32);1H3,(H,2,3,4);1H2. The Morgan fingerprint density at radius 3 is 2.23 bits per heavy atom. The van der Waals surface area contributed by atoms with Gasteiger partial charge in [-0.2, -0.15) is 8.42 Å². The third-order valence-electron chi connectivity index (χ3n) is 7.39. The Bertz CT molecular complexity index is 1170. The molecule has 0 aromatic heterocycles. The largest absolute Gasteiger partial charge is 0.495 e. The molecule has 1 unspecified atom stereocenters. The quantitative estimate of drug-likeness (QED) is 0.414. The summed E-state index contributed by atoms with van der Waals surface area (Å²) in [5, 5.41) is 9.89. The second-order valence-electron chi connectivity index (χ2n) is 10.2. The van der Waals surface area contributed by atoms with Crippen LogP contribution in [0.5, 0.6) is 11.5 Å². The summed E-state index contributed by atoms with van der Waals surface area (Å²) in [4.78, 5) is 16.9. The molecule has 10 nitrogen and oxygen atoms in total. The summed E-state index contributed by atoms with van der Waals surface area (Å²) in [6.45, 7) is 6.37. The molecule has 0 radical (unpaired) electrons. The molecule has 1 saturated carbocycles. The van der Waals surface area contributed by atoms with Crippen LogP contribution in [-0.2, 0) is 10.1 Å². The average Bonchev–Trinajstić information content (AvgIpc) is 2.92. The molecule has 1 saturated heterocycles. The van der Waals surface area contributed by atoms with Gasteiger partial charge in [-0.3, -0.25) is 9.45 Å². The highest BCUT2D eigenvalue weighted by Gasteiger charge is 2.29. The van der Waals surface area contributed by atoms with Crippen LogP contribution in [0.3, 0.4) is 0 Å². The van der Waals surface area contributed by atoms with Gasteiger partial charge in [0.15, 0.2) is 0 Å². The van der Waals surface area contributed by atoms with E-state index < -0.39 is 16.1 Å². The fourth-order valence-corrected chi connectivity index (χ4v) is 5.54. The molecule has 2 fully saturated rings. The van der Waals surface area contributed by atoms with E-state index in [9.17, 15) is 18.3 Å². The van der Waals surface area contributed by atoms with Crippen molar-refractivity contribution in [2.75, 3.05) is 51.1 Å². The van der Waals surface area contributed by atoms with Crippen LogP contribution in [0.25, 0.3) is 0 Å². The topological polar surface area (TPSA) is 148 Å². The molecule has 4 N–H and O–H groups in total. The number of carbonyl (C=O) groups is 1. The number of benzene rings is 2. The van der Waals surface area contributed by atoms with Crippen molar-refractivity contribution in [2.24, 2.45) is 5.92 Å². The summed E-state index contributed by atoms with van der Waals surface area (Å²) in [5.74, 6) is 1.07. The van der Waals surface area contributed by atoms with Crippen LogP contribution in [0.1, 0.15) is 67.4 Å². The first kappa shape index (κ1) is 33.3. The molecule has 2 aromatic rings. The molecule has 0 amide bonds. The van der Waals surface area contributed by atoms with Gasteiger partial charge in [-0.1, -0.05) is 50.5 Å². The van der Waals surface area contributed by atoms with Gasteiger partial charge in [0.25, 0.3) is 10.1 Å². The van der Waals surface area contributed by atoms with Crippen molar-refractivity contribution in [3.63, 3.8) is 0 Å². The van der Waals surface area contributed by atoms with E-state index in [0.29, 0.717) is 24.5 Å². The van der Waals surface area contributed by atoms with Gasteiger partial charge in [0.05, 0.1) is 25.7 Å². The lowest BCUT2D eigenvalue weighted by Gasteiger charge is -2.41. The number of carboxylic acid groups (broad SMARTS) is 1. The normalized spacial score (nSPS) is 17.1. The molecule has 0 spiro atoms. The number of hydrogen-bond acceptors (Lipinski definition) is 7. The molecule has 1 heterocycles. The minimum atomic E-state index is -3.67. The van der Waals surface area contributed by atoms with Gasteiger partial charge >= 0.3 is 5.97 Å². The third-order valence-corrected chi connectivity index (χ3v) is 7.39. The lowest BCUT2D eigenvalue weighted by atomic mass is 9.90. The molecule has 0 bridgehead atoms. The number of rotatable bonds is 9. The highest BCUT2D eigenvalue weighted by Crippen LogP contribution is 2.37. The fraction of sp³-hybridized carbons (Fsp3) is 0.552. The highest BCUT2D eigenvalue weighted by molar-refractivity contribution is 7.85.